The molecule has 0 saturated heterocycles. The van der Waals surface area contributed by atoms with Crippen LogP contribution in [0.25, 0.3) is 5.69 Å². The van der Waals surface area contributed by atoms with E-state index in [4.69, 9.17) is 5.84 Å². The minimum Gasteiger partial charge on any atom is -0.276 e. The molecule has 2 heterocycles. The maximum atomic E-state index is 5.65. The van der Waals surface area contributed by atoms with Crippen molar-refractivity contribution in [2.24, 2.45) is 12.9 Å². The van der Waals surface area contributed by atoms with E-state index >= 15 is 0 Å². The third-order valence-electron chi connectivity index (χ3n) is 3.25. The first kappa shape index (κ1) is 13.5. The second-order valence-corrected chi connectivity index (χ2v) is 4.84. The Morgan fingerprint density at radius 3 is 2.67 bits per heavy atom. The van der Waals surface area contributed by atoms with Crippen LogP contribution in [0.4, 0.5) is 0 Å². The molecule has 2 aromatic heterocycles. The van der Waals surface area contributed by atoms with Gasteiger partial charge >= 0.3 is 0 Å². The summed E-state index contributed by atoms with van der Waals surface area (Å²) in [5.74, 6) is 5.65. The lowest BCUT2D eigenvalue weighted by Crippen LogP contribution is -2.30. The second-order valence-electron chi connectivity index (χ2n) is 4.84. The third kappa shape index (κ3) is 2.99. The van der Waals surface area contributed by atoms with E-state index in [-0.39, 0.29) is 6.04 Å². The molecule has 1 aromatic carbocycles. The zero-order valence-electron chi connectivity index (χ0n) is 11.7. The Morgan fingerprint density at radius 2 is 2.00 bits per heavy atom. The molecule has 0 amide bonds. The van der Waals surface area contributed by atoms with E-state index in [9.17, 15) is 0 Å². The highest BCUT2D eigenvalue weighted by atomic mass is 15.5. The smallest absolute Gasteiger partial charge is 0.102 e. The van der Waals surface area contributed by atoms with Crippen LogP contribution in [0.3, 0.4) is 0 Å². The quantitative estimate of drug-likeness (QED) is 0.533. The van der Waals surface area contributed by atoms with E-state index in [2.05, 4.69) is 20.7 Å². The zero-order chi connectivity index (χ0) is 14.7. The zero-order valence-corrected chi connectivity index (χ0v) is 11.7. The number of benzene rings is 1. The number of hydrogen-bond acceptors (Lipinski definition) is 5. The minimum absolute atomic E-state index is 0.105. The normalized spacial score (nSPS) is 12.5. The number of aromatic nitrogens is 5. The average molecular weight is 283 g/mol. The Bertz CT molecular complexity index is 701. The summed E-state index contributed by atoms with van der Waals surface area (Å²) in [6.45, 7) is 0. The fraction of sp³-hybridized carbons (Fsp3) is 0.214. The van der Waals surface area contributed by atoms with Crippen LogP contribution in [0.1, 0.15) is 17.3 Å². The van der Waals surface area contributed by atoms with Gasteiger partial charge in [0.2, 0.25) is 0 Å². The van der Waals surface area contributed by atoms with Crippen molar-refractivity contribution in [2.45, 2.75) is 12.5 Å². The molecule has 3 N–H and O–H groups in total. The number of hydrazine groups is 1. The van der Waals surface area contributed by atoms with Crippen LogP contribution in [0.15, 0.2) is 48.9 Å². The number of para-hydroxylation sites is 1. The number of aryl methyl sites for hydroxylation is 1. The Labute approximate surface area is 122 Å². The highest BCUT2D eigenvalue weighted by Crippen LogP contribution is 2.15. The van der Waals surface area contributed by atoms with Crippen LogP contribution in [0, 0.1) is 0 Å². The van der Waals surface area contributed by atoms with Gasteiger partial charge < -0.3 is 0 Å². The summed E-state index contributed by atoms with van der Waals surface area (Å²) in [6.07, 6.45) is 6.23. The summed E-state index contributed by atoms with van der Waals surface area (Å²) < 4.78 is 1.77. The number of nitrogens with two attached hydrogens (primary N) is 1. The van der Waals surface area contributed by atoms with Crippen molar-refractivity contribution in [3.8, 4) is 5.69 Å². The molecule has 0 aliphatic carbocycles. The van der Waals surface area contributed by atoms with Gasteiger partial charge in [-0.2, -0.15) is 20.1 Å². The first-order valence-corrected chi connectivity index (χ1v) is 6.67. The molecule has 0 fully saturated rings. The molecule has 1 unspecified atom stereocenters. The highest BCUT2D eigenvalue weighted by molar-refractivity contribution is 5.28. The Kier molecular flexibility index (Phi) is 3.76. The van der Waals surface area contributed by atoms with Gasteiger partial charge in [0.1, 0.15) is 5.69 Å². The molecular formula is C14H17N7. The van der Waals surface area contributed by atoms with E-state index in [0.29, 0.717) is 6.42 Å². The Balaban J connectivity index is 1.80. The van der Waals surface area contributed by atoms with E-state index in [1.165, 1.54) is 0 Å². The average Bonchev–Trinajstić information content (AvgIpc) is 3.15. The molecule has 7 nitrogen and oxygen atoms in total. The van der Waals surface area contributed by atoms with Crippen LogP contribution in [-0.4, -0.2) is 24.8 Å². The van der Waals surface area contributed by atoms with Gasteiger partial charge in [0.15, 0.2) is 0 Å². The van der Waals surface area contributed by atoms with Gasteiger partial charge in [0.05, 0.1) is 24.1 Å². The summed E-state index contributed by atoms with van der Waals surface area (Å²) in [6, 6.07) is 9.66. The molecule has 21 heavy (non-hydrogen) atoms. The number of nitrogens with zero attached hydrogens (tertiary/aromatic N) is 5. The third-order valence-corrected chi connectivity index (χ3v) is 3.25. The van der Waals surface area contributed by atoms with Gasteiger partial charge in [-0.1, -0.05) is 18.2 Å². The van der Waals surface area contributed by atoms with Gasteiger partial charge in [0.25, 0.3) is 0 Å². The van der Waals surface area contributed by atoms with E-state index in [1.54, 1.807) is 15.7 Å². The maximum Gasteiger partial charge on any atom is 0.102 e. The van der Waals surface area contributed by atoms with Crippen LogP contribution >= 0.6 is 0 Å². The first-order valence-electron chi connectivity index (χ1n) is 6.67. The molecule has 1 atom stereocenters. The molecule has 0 spiro atoms. The number of nitrogens with one attached hydrogen (secondary N) is 1. The molecule has 0 aliphatic rings. The van der Waals surface area contributed by atoms with Crippen molar-refractivity contribution in [2.75, 3.05) is 0 Å². The Morgan fingerprint density at radius 1 is 1.19 bits per heavy atom. The van der Waals surface area contributed by atoms with E-state index < -0.39 is 0 Å². The van der Waals surface area contributed by atoms with Crippen molar-refractivity contribution in [3.63, 3.8) is 0 Å². The molecule has 3 aromatic rings. The lowest BCUT2D eigenvalue weighted by Gasteiger charge is -2.11. The maximum absolute atomic E-state index is 5.65. The molecule has 0 bridgehead atoms. The predicted octanol–water partition coefficient (Wildman–Crippen LogP) is 0.748. The minimum atomic E-state index is -0.105. The van der Waals surface area contributed by atoms with Gasteiger partial charge in [-0.15, -0.1) is 0 Å². The lowest BCUT2D eigenvalue weighted by molar-refractivity contribution is 0.532. The molecule has 0 radical (unpaired) electrons. The summed E-state index contributed by atoms with van der Waals surface area (Å²) in [7, 11) is 1.89. The largest absolute Gasteiger partial charge is 0.276 e. The number of rotatable bonds is 5. The molecule has 0 aliphatic heterocycles. The van der Waals surface area contributed by atoms with Gasteiger partial charge in [-0.05, 0) is 24.1 Å². The fourth-order valence-corrected chi connectivity index (χ4v) is 2.18. The summed E-state index contributed by atoms with van der Waals surface area (Å²) in [4.78, 5) is 1.60. The first-order chi connectivity index (χ1) is 10.3. The van der Waals surface area contributed by atoms with Crippen molar-refractivity contribution < 1.29 is 0 Å². The van der Waals surface area contributed by atoms with Gasteiger partial charge in [0, 0.05) is 13.2 Å². The molecular weight excluding hydrogens is 266 g/mol. The monoisotopic (exact) mass is 283 g/mol. The number of hydrogen-bond donors (Lipinski definition) is 2. The van der Waals surface area contributed by atoms with Crippen molar-refractivity contribution in [1.82, 2.24) is 30.2 Å². The van der Waals surface area contributed by atoms with Crippen molar-refractivity contribution in [1.29, 1.82) is 0 Å². The highest BCUT2D eigenvalue weighted by Gasteiger charge is 2.15. The molecule has 108 valence electrons. The van der Waals surface area contributed by atoms with Crippen LogP contribution in [0.5, 0.6) is 0 Å². The van der Waals surface area contributed by atoms with Crippen LogP contribution in [0.2, 0.25) is 0 Å². The Hall–Kier alpha value is -2.51. The van der Waals surface area contributed by atoms with Crippen LogP contribution < -0.4 is 11.3 Å². The summed E-state index contributed by atoms with van der Waals surface area (Å²) in [5.41, 5.74) is 5.59. The second kappa shape index (κ2) is 5.86. The summed E-state index contributed by atoms with van der Waals surface area (Å²) in [5, 5.41) is 12.9. The summed E-state index contributed by atoms with van der Waals surface area (Å²) >= 11 is 0. The van der Waals surface area contributed by atoms with Crippen molar-refractivity contribution in [3.05, 3.63) is 60.2 Å². The van der Waals surface area contributed by atoms with E-state index in [1.807, 2.05) is 49.8 Å². The molecule has 3 rings (SSSR count). The van der Waals surface area contributed by atoms with Crippen molar-refractivity contribution >= 4 is 0 Å². The van der Waals surface area contributed by atoms with Gasteiger partial charge in [-0.3, -0.25) is 16.0 Å². The van der Waals surface area contributed by atoms with Crippen LogP contribution in [-0.2, 0) is 13.5 Å². The standard InChI is InChI=1S/C14H17N7/c1-20-10-11(8-16-20)7-13(18-15)14-9-17-21(19-14)12-5-3-2-4-6-12/h2-6,8-10,13,18H,7,15H2,1H3. The van der Waals surface area contributed by atoms with E-state index in [0.717, 1.165) is 16.9 Å². The fourth-order valence-electron chi connectivity index (χ4n) is 2.18. The SMILES string of the molecule is Cn1cc(CC(NN)c2cnn(-c3ccccc3)n2)cn1. The van der Waals surface area contributed by atoms with Gasteiger partial charge in [-0.25, -0.2) is 0 Å². The lowest BCUT2D eigenvalue weighted by atomic mass is 10.1. The molecule has 0 saturated carbocycles. The predicted molar refractivity (Wildman–Crippen MR) is 78.3 cm³/mol. The topological polar surface area (TPSA) is 86.6 Å². The molecule has 7 heteroatoms.